The van der Waals surface area contributed by atoms with Gasteiger partial charge in [-0.2, -0.15) is 0 Å². The average molecular weight is 743 g/mol. The van der Waals surface area contributed by atoms with Crippen LogP contribution in [-0.4, -0.2) is 60.8 Å². The van der Waals surface area contributed by atoms with Gasteiger partial charge >= 0.3 is 41.5 Å². The van der Waals surface area contributed by atoms with E-state index < -0.39 is 225 Å². The minimum atomic E-state index is -6.12. The Kier molecular flexibility index (Phi) is 7.33. The maximum absolute atomic E-state index is 13.8. The Morgan fingerprint density at radius 2 is 1.07 bits per heavy atom. The van der Waals surface area contributed by atoms with Gasteiger partial charge in [0, 0.05) is 86.8 Å². The molecule has 0 saturated heterocycles. The number of hydrogen-bond donors (Lipinski definition) is 2. The van der Waals surface area contributed by atoms with E-state index >= 15 is 0 Å². The van der Waals surface area contributed by atoms with Crippen LogP contribution in [0, 0.1) is 0 Å². The van der Waals surface area contributed by atoms with Gasteiger partial charge in [0.05, 0.1) is 19.8 Å². The molecule has 0 bridgehead atoms. The zero-order valence-corrected chi connectivity index (χ0v) is 26.5. The molecule has 0 aliphatic heterocycles. The van der Waals surface area contributed by atoms with Crippen molar-refractivity contribution in [2.75, 3.05) is 26.4 Å². The first kappa shape index (κ1) is 9.69. The standard InChI is InChI=1S/C34H67O10P.Na/c1-3-5-7-9-11-13-15-17-19-21-23-25-33(37)41-29-32(30-43-45(39,40)42-28-31(36)27-35)44-34(38)26-24-22-20-18-16-14-12-10-8-6-4-2;/h31-32,35-36H,3-30H2,1-2H3,(H,39,40);/q;+1/p-1/t31?,32-;/m1./s1/i1D3,2D3,3D2,4D2,5D2,6D2,7D2,8D2,9D2,10D2,11D2,12D2,13D2,14D2,15D2,16D2,17D2,18D2,19D2,20D2,21D2,22D2,23D2,24D2,25D2,26D2;. The van der Waals surface area contributed by atoms with E-state index in [0.717, 1.165) is 0 Å². The second-order valence-electron chi connectivity index (χ2n) is 6.50. The number of ether oxygens (including phenoxy) is 2. The number of phosphoric acid groups is 1. The Bertz CT molecular complexity index is 2930. The molecule has 10 nitrogen and oxygen atoms in total. The van der Waals surface area contributed by atoms with E-state index in [1.165, 1.54) is 0 Å². The van der Waals surface area contributed by atoms with Gasteiger partial charge in [-0.1, -0.05) is 141 Å². The van der Waals surface area contributed by atoms with E-state index in [-0.39, 0.29) is 29.6 Å². The normalized spacial score (nSPS) is 39.3. The van der Waals surface area contributed by atoms with Crippen LogP contribution >= 0.6 is 7.82 Å². The van der Waals surface area contributed by atoms with Gasteiger partial charge in [-0.05, 0) is 12.7 Å². The SMILES string of the molecule is [2H]C([2H])([2H])C([2H])([2H])C([2H])([2H])C([2H])([2H])C([2H])([2H])C([2H])([2H])C([2H])([2H])C([2H])([2H])C([2H])([2H])C([2H])([2H])C([2H])([2H])C([2H])([2H])C([2H])([2H])C(=O)OC[C@H](COP(=O)([O-])OCC(O)CO)OC(=O)C([2H])([2H])C([2H])([2H])C([2H])([2H])C([2H])([2H])C([2H])([2H])C([2H])([2H])C([2H])([2H])C([2H])([2H])C([2H])([2H])C([2H])([2H])C([2H])([2H])C([2H])([2H])C([2H])([2H])[2H].[Na+]. The van der Waals surface area contributed by atoms with Gasteiger partial charge in [0.25, 0.3) is 7.82 Å². The van der Waals surface area contributed by atoms with Crippen molar-refractivity contribution in [2.24, 2.45) is 0 Å². The summed E-state index contributed by atoms with van der Waals surface area (Å²) in [5.41, 5.74) is 0. The first-order chi connectivity index (χ1) is 42.1. The molecule has 0 aromatic rings. The number of rotatable bonds is 34. The number of phosphoric ester groups is 1. The van der Waals surface area contributed by atoms with Gasteiger partial charge in [-0.3, -0.25) is 14.2 Å². The van der Waals surface area contributed by atoms with Crippen molar-refractivity contribution in [1.82, 2.24) is 0 Å². The van der Waals surface area contributed by atoms with Crippen LogP contribution in [0.4, 0.5) is 0 Å². The zero-order valence-electron chi connectivity index (χ0n) is 77.6. The molecule has 0 heterocycles. The molecule has 0 aliphatic carbocycles. The fourth-order valence-electron chi connectivity index (χ4n) is 1.67. The summed E-state index contributed by atoms with van der Waals surface area (Å²) in [5.74, 6) is -6.19. The summed E-state index contributed by atoms with van der Waals surface area (Å²) >= 11 is 0. The molecule has 2 unspecified atom stereocenters. The number of esters is 2. The maximum Gasteiger partial charge on any atom is 1.00 e. The van der Waals surface area contributed by atoms with Crippen molar-refractivity contribution in [1.29, 1.82) is 0 Å². The molecule has 0 aromatic carbocycles. The van der Waals surface area contributed by atoms with Crippen molar-refractivity contribution >= 4 is 19.8 Å². The Balaban J connectivity index is 0. The molecule has 0 rings (SSSR count). The van der Waals surface area contributed by atoms with Crippen LogP contribution in [0.2, 0.25) is 0 Å². The van der Waals surface area contributed by atoms with Gasteiger partial charge in [0.1, 0.15) is 12.7 Å². The molecular weight excluding hydrogens is 622 g/mol. The van der Waals surface area contributed by atoms with Crippen LogP contribution in [0.3, 0.4) is 0 Å². The Hall–Kier alpha value is -0.0300. The molecule has 46 heavy (non-hydrogen) atoms. The quantitative estimate of drug-likeness (QED) is 0.0540. The molecule has 0 spiro atoms. The summed E-state index contributed by atoms with van der Waals surface area (Å²) in [6.45, 7) is -15.7. The van der Waals surface area contributed by atoms with Crippen LogP contribution in [0.5, 0.6) is 0 Å². The Morgan fingerprint density at radius 1 is 0.674 bits per heavy atom. The monoisotopic (exact) mass is 743 g/mol. The van der Waals surface area contributed by atoms with Gasteiger partial charge in [-0.25, -0.2) is 0 Å². The van der Waals surface area contributed by atoms with E-state index in [2.05, 4.69) is 18.5 Å². The van der Waals surface area contributed by atoms with Crippen molar-refractivity contribution in [2.45, 2.75) is 179 Å². The summed E-state index contributed by atoms with van der Waals surface area (Å²) in [6.07, 6.45) is -130. The van der Waals surface area contributed by atoms with E-state index in [4.69, 9.17) is 79.1 Å². The second kappa shape index (κ2) is 34.8. The fourth-order valence-corrected chi connectivity index (χ4v) is 2.45. The fraction of sp³-hybridized carbons (Fsp3) is 0.941. The molecule has 0 amide bonds. The topological polar surface area (TPSA) is 152 Å². The molecule has 268 valence electrons. The minimum absolute atomic E-state index is 0. The van der Waals surface area contributed by atoms with Gasteiger partial charge in [0.2, 0.25) is 0 Å². The van der Waals surface area contributed by atoms with Crippen LogP contribution in [0.15, 0.2) is 0 Å². The number of aliphatic hydroxyl groups excluding tert-OH is 2. The van der Waals surface area contributed by atoms with Crippen molar-refractivity contribution < 1.29 is 151 Å². The molecule has 0 aliphatic rings. The summed E-state index contributed by atoms with van der Waals surface area (Å²) < 4.78 is 469. The summed E-state index contributed by atoms with van der Waals surface area (Å²) in [6, 6.07) is 0. The first-order valence-electron chi connectivity index (χ1n) is 38.4. The molecule has 0 fully saturated rings. The van der Waals surface area contributed by atoms with E-state index in [1.54, 1.807) is 0 Å². The first-order valence-corrected chi connectivity index (χ1v) is 12.8. The summed E-state index contributed by atoms with van der Waals surface area (Å²) in [4.78, 5) is 40.0. The predicted octanol–water partition coefficient (Wildman–Crippen LogP) is 4.70. The smallest absolute Gasteiger partial charge is 0.756 e. The Labute approximate surface area is 378 Å². The number of carbonyl (C=O) groups is 2. The Morgan fingerprint density at radius 3 is 1.50 bits per heavy atom. The second-order valence-corrected chi connectivity index (χ2v) is 7.91. The number of aliphatic hydroxyl groups is 2. The van der Waals surface area contributed by atoms with Crippen LogP contribution in [0.25, 0.3) is 0 Å². The van der Waals surface area contributed by atoms with Crippen LogP contribution < -0.4 is 34.5 Å². The zero-order chi connectivity index (χ0) is 81.5. The summed E-state index contributed by atoms with van der Waals surface area (Å²) in [7, 11) is -6.12. The average Bonchev–Trinajstić information content (AvgIpc) is 0.686. The molecule has 0 radical (unpaired) electrons. The molecule has 0 aromatic heterocycles. The van der Waals surface area contributed by atoms with E-state index in [9.17, 15) is 24.2 Å². The molecular formula is C34H66NaO10P. The van der Waals surface area contributed by atoms with Crippen molar-refractivity contribution in [3.8, 4) is 0 Å². The molecule has 12 heteroatoms. The molecule has 3 atom stereocenters. The largest absolute Gasteiger partial charge is 1.00 e. The third kappa shape index (κ3) is 33.9. The van der Waals surface area contributed by atoms with E-state index in [1.807, 2.05) is 0 Å². The molecule has 2 N–H and O–H groups in total. The van der Waals surface area contributed by atoms with Crippen molar-refractivity contribution in [3.63, 3.8) is 0 Å². The summed E-state index contributed by atoms with van der Waals surface area (Å²) in [5, 5.41) is 18.6. The van der Waals surface area contributed by atoms with Gasteiger partial charge in [-0.15, -0.1) is 0 Å². The number of carbonyl (C=O) groups excluding carboxylic acids is 2. The third-order valence-corrected chi connectivity index (χ3v) is 4.24. The predicted molar refractivity (Wildman–Crippen MR) is 176 cm³/mol. The number of hydrogen-bond acceptors (Lipinski definition) is 10. The third-order valence-electron chi connectivity index (χ3n) is 3.31. The van der Waals surface area contributed by atoms with E-state index in [0.29, 0.717) is 0 Å². The minimum Gasteiger partial charge on any atom is -0.756 e. The van der Waals surface area contributed by atoms with Crippen LogP contribution in [0.1, 0.15) is 241 Å². The maximum atomic E-state index is 13.8. The van der Waals surface area contributed by atoms with Crippen molar-refractivity contribution in [3.05, 3.63) is 0 Å². The molecule has 0 saturated carbocycles. The van der Waals surface area contributed by atoms with Gasteiger partial charge < -0.3 is 33.6 Å². The van der Waals surface area contributed by atoms with Gasteiger partial charge in [0.15, 0.2) is 6.10 Å². The van der Waals surface area contributed by atoms with Crippen LogP contribution in [-0.2, 0) is 32.7 Å².